The van der Waals surface area contributed by atoms with Crippen LogP contribution in [-0.2, 0) is 0 Å². The van der Waals surface area contributed by atoms with Gasteiger partial charge in [-0.05, 0) is 62.1 Å². The van der Waals surface area contributed by atoms with Gasteiger partial charge in [0.1, 0.15) is 5.54 Å². The summed E-state index contributed by atoms with van der Waals surface area (Å²) in [5.41, 5.74) is 0.491. The molecule has 0 heterocycles. The van der Waals surface area contributed by atoms with Gasteiger partial charge in [-0.3, -0.25) is 4.79 Å². The second-order valence-electron chi connectivity index (χ2n) is 7.12. The molecule has 2 rings (SSSR count). The lowest BCUT2D eigenvalue weighted by Gasteiger charge is -2.40. The maximum atomic E-state index is 13.2. The zero-order valence-electron chi connectivity index (χ0n) is 15.7. The Hall–Kier alpha value is -1.01. The highest BCUT2D eigenvalue weighted by molar-refractivity contribution is 6.35. The van der Waals surface area contributed by atoms with Crippen molar-refractivity contribution >= 4 is 71.0 Å². The predicted octanol–water partition coefficient (Wildman–Crippen LogP) is 6.84. The normalized spacial score (nSPS) is 13.3. The number of hydrogen-bond acceptors (Lipinski definition) is 2. The molecule has 4 nitrogen and oxygen atoms in total. The van der Waals surface area contributed by atoms with Crippen LogP contribution in [0.3, 0.4) is 0 Å². The second-order valence-corrected chi connectivity index (χ2v) is 8.80. The number of rotatable bonds is 2. The number of carbonyl (C=O) groups excluding carboxylic acids is 2. The average Bonchev–Trinajstić information content (AvgIpc) is 2.58. The molecule has 0 saturated heterocycles. The first-order valence-electron chi connectivity index (χ1n) is 8.05. The fraction of sp³-hybridized carbons (Fsp3) is 0.263. The van der Waals surface area contributed by atoms with Crippen LogP contribution in [0.1, 0.15) is 47.1 Å². The van der Waals surface area contributed by atoms with Gasteiger partial charge in [0.25, 0.3) is 0 Å². The van der Waals surface area contributed by atoms with Crippen LogP contribution in [0, 0.1) is 6.92 Å². The fourth-order valence-electron chi connectivity index (χ4n) is 2.42. The van der Waals surface area contributed by atoms with Gasteiger partial charge in [-0.2, -0.15) is 0 Å². The van der Waals surface area contributed by atoms with Crippen molar-refractivity contribution in [2.75, 3.05) is 0 Å². The van der Waals surface area contributed by atoms with Gasteiger partial charge in [0.15, 0.2) is 0 Å². The summed E-state index contributed by atoms with van der Waals surface area (Å²) in [5, 5.41) is 0.536. The standard InChI is InChI=1S/C19H19Cl4N2O2.ClH/c1-12-5-7-13(8-6-12)18(27)25(23,19(2,3)4)24(22)17(26)14-9-15(20)11-16(21)10-14;/h5-11H,1-4H3;1H/q+1;. The van der Waals surface area contributed by atoms with E-state index in [0.717, 1.165) is 5.56 Å². The molecule has 0 N–H and O–H groups in total. The van der Waals surface area contributed by atoms with E-state index in [2.05, 4.69) is 0 Å². The summed E-state index contributed by atoms with van der Waals surface area (Å²) in [6.45, 7) is 7.03. The number of nitrogens with zero attached hydrogens (tertiary/aromatic N) is 2. The summed E-state index contributed by atoms with van der Waals surface area (Å²) in [6, 6.07) is 11.2. The van der Waals surface area contributed by atoms with Crippen LogP contribution >= 0.6 is 59.2 Å². The van der Waals surface area contributed by atoms with E-state index in [-0.39, 0.29) is 28.0 Å². The molecule has 0 bridgehead atoms. The van der Waals surface area contributed by atoms with E-state index < -0.39 is 21.5 Å². The molecule has 28 heavy (non-hydrogen) atoms. The van der Waals surface area contributed by atoms with E-state index in [4.69, 9.17) is 46.8 Å². The molecule has 0 aromatic heterocycles. The van der Waals surface area contributed by atoms with Crippen LogP contribution < -0.4 is 0 Å². The van der Waals surface area contributed by atoms with Crippen molar-refractivity contribution in [3.8, 4) is 0 Å². The van der Waals surface area contributed by atoms with Gasteiger partial charge in [-0.25, -0.2) is 4.79 Å². The number of carbonyl (C=O) groups is 2. The number of amides is 2. The molecule has 2 aromatic rings. The molecule has 0 spiro atoms. The number of quaternary nitrogens is 1. The zero-order chi connectivity index (χ0) is 20.6. The van der Waals surface area contributed by atoms with Crippen LogP contribution in [0.4, 0.5) is 0 Å². The first kappa shape index (κ1) is 25.0. The molecular formula is C19H20Cl5N2O2+. The summed E-state index contributed by atoms with van der Waals surface area (Å²) < 4.78 is -0.327. The quantitative estimate of drug-likeness (QED) is 0.345. The number of hydrogen-bond donors (Lipinski definition) is 0. The van der Waals surface area contributed by atoms with Gasteiger partial charge in [0.05, 0.1) is 17.3 Å². The van der Waals surface area contributed by atoms with E-state index in [1.165, 1.54) is 18.2 Å². The van der Waals surface area contributed by atoms with E-state index in [0.29, 0.717) is 10.1 Å². The summed E-state index contributed by atoms with van der Waals surface area (Å²) in [4.78, 5) is 26.2. The molecule has 0 aliphatic carbocycles. The van der Waals surface area contributed by atoms with E-state index in [1.54, 1.807) is 45.0 Å². The summed E-state index contributed by atoms with van der Waals surface area (Å²) >= 11 is 25.0. The van der Waals surface area contributed by atoms with Gasteiger partial charge < -0.3 is 0 Å². The molecule has 0 aliphatic heterocycles. The molecule has 152 valence electrons. The Balaban J connectivity index is 0.00000392. The van der Waals surface area contributed by atoms with Gasteiger partial charge in [-0.15, -0.1) is 12.4 Å². The Morgan fingerprint density at radius 2 is 1.39 bits per heavy atom. The molecule has 1 atom stereocenters. The summed E-state index contributed by atoms with van der Waals surface area (Å²) in [6.07, 6.45) is 0. The largest absolute Gasteiger partial charge is 0.390 e. The zero-order valence-corrected chi connectivity index (χ0v) is 19.5. The van der Waals surface area contributed by atoms with Crippen molar-refractivity contribution in [3.63, 3.8) is 0 Å². The maximum absolute atomic E-state index is 13.2. The molecule has 1 unspecified atom stereocenters. The van der Waals surface area contributed by atoms with Crippen LogP contribution in [0.5, 0.6) is 0 Å². The van der Waals surface area contributed by atoms with Crippen molar-refractivity contribution in [2.24, 2.45) is 0 Å². The Morgan fingerprint density at radius 1 is 0.929 bits per heavy atom. The lowest BCUT2D eigenvalue weighted by molar-refractivity contribution is -0.871. The first-order chi connectivity index (χ1) is 12.4. The predicted molar refractivity (Wildman–Crippen MR) is 117 cm³/mol. The van der Waals surface area contributed by atoms with E-state index >= 15 is 0 Å². The Bertz CT molecular complexity index is 861. The van der Waals surface area contributed by atoms with Crippen molar-refractivity contribution in [3.05, 3.63) is 69.2 Å². The highest BCUT2D eigenvalue weighted by Crippen LogP contribution is 2.37. The minimum atomic E-state index is -0.999. The topological polar surface area (TPSA) is 37.4 Å². The molecular weight excluding hydrogens is 465 g/mol. The molecule has 9 heteroatoms. The van der Waals surface area contributed by atoms with Crippen molar-refractivity contribution < 1.29 is 13.7 Å². The van der Waals surface area contributed by atoms with Crippen LogP contribution in [0.2, 0.25) is 10.0 Å². The molecule has 2 aromatic carbocycles. The smallest absolute Gasteiger partial charge is 0.262 e. The minimum absolute atomic E-state index is 0. The Morgan fingerprint density at radius 3 is 1.82 bits per heavy atom. The third-order valence-corrected chi connectivity index (χ3v) is 5.68. The summed E-state index contributed by atoms with van der Waals surface area (Å²) in [7, 11) is 0. The van der Waals surface area contributed by atoms with Crippen molar-refractivity contribution in [1.29, 1.82) is 0 Å². The average molecular weight is 486 g/mol. The first-order valence-corrected chi connectivity index (χ1v) is 9.48. The summed E-state index contributed by atoms with van der Waals surface area (Å²) in [5.74, 6) is -1.24. The van der Waals surface area contributed by atoms with Gasteiger partial charge >= 0.3 is 11.8 Å². The number of halogens is 5. The molecule has 2 amide bonds. The Labute approximate surface area is 191 Å². The molecule has 0 fully saturated rings. The molecule has 0 saturated carbocycles. The maximum Gasteiger partial charge on any atom is 0.390 e. The Kier molecular flexibility index (Phi) is 8.23. The molecule has 0 aliphatic rings. The van der Waals surface area contributed by atoms with Crippen LogP contribution in [0.25, 0.3) is 0 Å². The van der Waals surface area contributed by atoms with Crippen molar-refractivity contribution in [1.82, 2.24) is 4.53 Å². The SMILES string of the molecule is Cc1ccc(C(=O)[N+](Cl)(N(Cl)C(=O)c2cc(Cl)cc(Cl)c2)C(C)(C)C)cc1.Cl. The highest BCUT2D eigenvalue weighted by atomic mass is 35.5. The van der Waals surface area contributed by atoms with E-state index in [1.807, 2.05) is 6.92 Å². The van der Waals surface area contributed by atoms with Crippen molar-refractivity contribution in [2.45, 2.75) is 33.2 Å². The van der Waals surface area contributed by atoms with Crippen LogP contribution in [0.15, 0.2) is 42.5 Å². The fourth-order valence-corrected chi connectivity index (χ4v) is 3.51. The lowest BCUT2D eigenvalue weighted by atomic mass is 10.1. The minimum Gasteiger partial charge on any atom is -0.262 e. The monoisotopic (exact) mass is 483 g/mol. The third kappa shape index (κ3) is 4.93. The van der Waals surface area contributed by atoms with Gasteiger partial charge in [0, 0.05) is 15.6 Å². The number of benzene rings is 2. The number of aryl methyl sites for hydroxylation is 1. The highest BCUT2D eigenvalue weighted by Gasteiger charge is 2.56. The van der Waals surface area contributed by atoms with Gasteiger partial charge in [-0.1, -0.05) is 45.4 Å². The lowest BCUT2D eigenvalue weighted by Crippen LogP contribution is -2.64. The van der Waals surface area contributed by atoms with Gasteiger partial charge in [0.2, 0.25) is 11.8 Å². The molecule has 0 radical (unpaired) electrons. The third-order valence-electron chi connectivity index (χ3n) is 3.98. The van der Waals surface area contributed by atoms with E-state index in [9.17, 15) is 9.59 Å². The second kappa shape index (κ2) is 9.21. The van der Waals surface area contributed by atoms with Crippen LogP contribution in [-0.4, -0.2) is 26.0 Å².